The summed E-state index contributed by atoms with van der Waals surface area (Å²) in [6.07, 6.45) is -1.20. The largest absolute Gasteiger partial charge is 0.341 e. The minimum Gasteiger partial charge on any atom is -0.341 e. The van der Waals surface area contributed by atoms with Gasteiger partial charge in [-0.05, 0) is 47.3 Å². The molecule has 0 amide bonds. The van der Waals surface area contributed by atoms with Gasteiger partial charge in [0, 0.05) is 0 Å². The predicted molar refractivity (Wildman–Crippen MR) is 146 cm³/mol. The first-order chi connectivity index (χ1) is 18.0. The van der Waals surface area contributed by atoms with Gasteiger partial charge in [-0.15, -0.1) is 0 Å². The molecule has 2 aliphatic rings. The Kier molecular flexibility index (Phi) is 6.45. The maximum Gasteiger partial charge on any atom is 0.279 e. The first kappa shape index (κ1) is 24.8. The Morgan fingerprint density at radius 1 is 0.514 bits per heavy atom. The van der Waals surface area contributed by atoms with Crippen molar-refractivity contribution in [1.29, 1.82) is 0 Å². The van der Waals surface area contributed by atoms with Gasteiger partial charge in [0.05, 0.1) is 0 Å². The standard InChI is InChI=1S/C31H28ClO4P/c1-29(2)33-27-28(34-29)31(25-19-11-5-12-20-25,26-21-13-6-14-22-26)36-37(32)35-30(27,23-15-7-3-8-16-23)24-17-9-4-10-18-24/h3-22,27-28H,1-2H3. The number of rotatable bonds is 4. The van der Waals surface area contributed by atoms with Gasteiger partial charge in [-0.2, -0.15) is 0 Å². The summed E-state index contributed by atoms with van der Waals surface area (Å²) in [6.45, 7) is 3.87. The van der Waals surface area contributed by atoms with Crippen LogP contribution in [0, 0.1) is 0 Å². The van der Waals surface area contributed by atoms with E-state index in [-0.39, 0.29) is 0 Å². The van der Waals surface area contributed by atoms with Gasteiger partial charge in [0.15, 0.2) is 17.0 Å². The molecule has 4 aromatic rings. The van der Waals surface area contributed by atoms with Crippen molar-refractivity contribution >= 4 is 19.0 Å². The molecule has 6 heteroatoms. The van der Waals surface area contributed by atoms with Gasteiger partial charge in [0.1, 0.15) is 12.2 Å². The van der Waals surface area contributed by atoms with Crippen LogP contribution in [0.4, 0.5) is 0 Å². The van der Waals surface area contributed by atoms with E-state index in [2.05, 4.69) is 48.5 Å². The van der Waals surface area contributed by atoms with Gasteiger partial charge in [0.25, 0.3) is 7.73 Å². The average molecular weight is 531 g/mol. The van der Waals surface area contributed by atoms with Crippen molar-refractivity contribution < 1.29 is 18.5 Å². The van der Waals surface area contributed by atoms with Crippen LogP contribution < -0.4 is 0 Å². The molecule has 0 saturated carbocycles. The van der Waals surface area contributed by atoms with Gasteiger partial charge >= 0.3 is 0 Å². The molecule has 2 heterocycles. The van der Waals surface area contributed by atoms with Crippen LogP contribution in [0.5, 0.6) is 0 Å². The summed E-state index contributed by atoms with van der Waals surface area (Å²) in [5, 5.41) is 0. The highest BCUT2D eigenvalue weighted by atomic mass is 35.7. The molecule has 2 aliphatic heterocycles. The summed E-state index contributed by atoms with van der Waals surface area (Å²) in [5.74, 6) is -0.905. The first-order valence-electron chi connectivity index (χ1n) is 12.4. The van der Waals surface area contributed by atoms with Crippen LogP contribution in [0.3, 0.4) is 0 Å². The van der Waals surface area contributed by atoms with Crippen molar-refractivity contribution in [2.45, 2.75) is 43.0 Å². The molecular weight excluding hydrogens is 503 g/mol. The van der Waals surface area contributed by atoms with Crippen molar-refractivity contribution in [1.82, 2.24) is 0 Å². The molecule has 2 unspecified atom stereocenters. The van der Waals surface area contributed by atoms with E-state index < -0.39 is 36.9 Å². The highest BCUT2D eigenvalue weighted by Gasteiger charge is 2.66. The zero-order chi connectivity index (χ0) is 25.5. The van der Waals surface area contributed by atoms with Crippen molar-refractivity contribution in [3.05, 3.63) is 144 Å². The van der Waals surface area contributed by atoms with Crippen LogP contribution in [-0.4, -0.2) is 18.0 Å². The number of halogens is 1. The molecule has 0 spiro atoms. The monoisotopic (exact) mass is 530 g/mol. The van der Waals surface area contributed by atoms with E-state index in [4.69, 9.17) is 29.8 Å². The van der Waals surface area contributed by atoms with Gasteiger partial charge in [-0.1, -0.05) is 121 Å². The molecule has 2 atom stereocenters. The van der Waals surface area contributed by atoms with Gasteiger partial charge < -0.3 is 18.5 Å². The minimum absolute atomic E-state index is 0.598. The number of hydrogen-bond acceptors (Lipinski definition) is 4. The highest BCUT2D eigenvalue weighted by molar-refractivity contribution is 7.76. The van der Waals surface area contributed by atoms with Crippen molar-refractivity contribution in [2.75, 3.05) is 0 Å². The third-order valence-corrected chi connectivity index (χ3v) is 8.42. The Hall–Kier alpha value is -2.56. The number of hydrogen-bond donors (Lipinski definition) is 0. The Morgan fingerprint density at radius 2 is 0.784 bits per heavy atom. The quantitative estimate of drug-likeness (QED) is 0.251. The second kappa shape index (κ2) is 9.63. The van der Waals surface area contributed by atoms with E-state index in [1.165, 1.54) is 0 Å². The maximum absolute atomic E-state index is 7.08. The summed E-state index contributed by atoms with van der Waals surface area (Å²) in [5.41, 5.74) is 1.52. The van der Waals surface area contributed by atoms with E-state index in [0.29, 0.717) is 0 Å². The second-order valence-electron chi connectivity index (χ2n) is 9.81. The maximum atomic E-state index is 7.08. The zero-order valence-electron chi connectivity index (χ0n) is 20.7. The van der Waals surface area contributed by atoms with Crippen molar-refractivity contribution in [2.24, 2.45) is 0 Å². The lowest BCUT2D eigenvalue weighted by Crippen LogP contribution is -2.53. The van der Waals surface area contributed by atoms with E-state index in [1.54, 1.807) is 0 Å². The number of fused-ring (bicyclic) bond motifs is 1. The summed E-state index contributed by atoms with van der Waals surface area (Å²) >= 11 is 7.08. The van der Waals surface area contributed by atoms with Gasteiger partial charge in [0.2, 0.25) is 0 Å². The van der Waals surface area contributed by atoms with Crippen LogP contribution in [0.15, 0.2) is 121 Å². The van der Waals surface area contributed by atoms with Crippen molar-refractivity contribution in [3.8, 4) is 0 Å². The molecule has 188 valence electrons. The lowest BCUT2D eigenvalue weighted by atomic mass is 9.72. The SMILES string of the molecule is CC1(C)OC2C(O1)C(c1ccccc1)(c1ccccc1)OP(Cl)OC2(c1ccccc1)c1ccccc1. The number of ether oxygens (including phenoxy) is 2. The smallest absolute Gasteiger partial charge is 0.279 e. The van der Waals surface area contributed by atoms with Gasteiger partial charge in [-0.3, -0.25) is 0 Å². The third-order valence-electron chi connectivity index (χ3n) is 7.14. The molecule has 4 nitrogen and oxygen atoms in total. The highest BCUT2D eigenvalue weighted by Crippen LogP contribution is 2.66. The van der Waals surface area contributed by atoms with E-state index in [9.17, 15) is 0 Å². The molecule has 0 N–H and O–H groups in total. The van der Waals surface area contributed by atoms with E-state index in [0.717, 1.165) is 22.3 Å². The molecule has 6 rings (SSSR count). The lowest BCUT2D eigenvalue weighted by Gasteiger charge is -2.41. The number of benzene rings is 4. The summed E-state index contributed by atoms with van der Waals surface area (Å²) < 4.78 is 27.4. The summed E-state index contributed by atoms with van der Waals surface area (Å²) in [7, 11) is -1.93. The molecule has 0 aromatic heterocycles. The molecule has 0 aliphatic carbocycles. The van der Waals surface area contributed by atoms with Crippen LogP contribution in [0.25, 0.3) is 0 Å². The molecule has 2 fully saturated rings. The second-order valence-corrected chi connectivity index (χ2v) is 11.4. The molecule has 37 heavy (non-hydrogen) atoms. The normalized spacial score (nSPS) is 25.6. The van der Waals surface area contributed by atoms with E-state index in [1.807, 2.05) is 86.6 Å². The fourth-order valence-electron chi connectivity index (χ4n) is 5.65. The van der Waals surface area contributed by atoms with Crippen LogP contribution in [-0.2, 0) is 29.7 Å². The first-order valence-corrected chi connectivity index (χ1v) is 14.5. The fourth-order valence-corrected chi connectivity index (χ4v) is 7.42. The lowest BCUT2D eigenvalue weighted by molar-refractivity contribution is -0.173. The van der Waals surface area contributed by atoms with Crippen LogP contribution >= 0.6 is 19.0 Å². The van der Waals surface area contributed by atoms with Crippen LogP contribution in [0.1, 0.15) is 36.1 Å². The van der Waals surface area contributed by atoms with Gasteiger partial charge in [-0.25, -0.2) is 0 Å². The van der Waals surface area contributed by atoms with Crippen LogP contribution in [0.2, 0.25) is 0 Å². The predicted octanol–water partition coefficient (Wildman–Crippen LogP) is 7.91. The third kappa shape index (κ3) is 4.13. The molecule has 0 radical (unpaired) electrons. The van der Waals surface area contributed by atoms with Crippen molar-refractivity contribution in [3.63, 3.8) is 0 Å². The topological polar surface area (TPSA) is 36.9 Å². The average Bonchev–Trinajstić information content (AvgIpc) is 3.23. The molecule has 4 aromatic carbocycles. The summed E-state index contributed by atoms with van der Waals surface area (Å²) in [4.78, 5) is 0. The molecule has 0 bridgehead atoms. The Bertz CT molecular complexity index is 1150. The Morgan fingerprint density at radius 3 is 1.05 bits per heavy atom. The minimum atomic E-state index is -1.93. The fraction of sp³-hybridized carbons (Fsp3) is 0.226. The molecular formula is C31H28ClO4P. The zero-order valence-corrected chi connectivity index (χ0v) is 22.3. The Labute approximate surface area is 223 Å². The molecule has 2 saturated heterocycles. The Balaban J connectivity index is 1.68. The van der Waals surface area contributed by atoms with E-state index >= 15 is 0 Å². The summed E-state index contributed by atoms with van der Waals surface area (Å²) in [6, 6.07) is 40.4.